The summed E-state index contributed by atoms with van der Waals surface area (Å²) >= 11 is 16.7. The molecular formula is C18H14BrCl2N3O2S. The zero-order chi connectivity index (χ0) is 19.6. The van der Waals surface area contributed by atoms with Crippen molar-refractivity contribution in [3.05, 3.63) is 57.0 Å². The number of nitrogens with zero attached hydrogens (tertiary/aromatic N) is 2. The lowest BCUT2D eigenvalue weighted by molar-refractivity contribution is -0.127. The van der Waals surface area contributed by atoms with E-state index in [1.165, 1.54) is 16.7 Å². The molecule has 1 atom stereocenters. The van der Waals surface area contributed by atoms with Crippen molar-refractivity contribution in [1.82, 2.24) is 4.90 Å². The molecule has 0 saturated carbocycles. The van der Waals surface area contributed by atoms with E-state index in [9.17, 15) is 9.59 Å². The van der Waals surface area contributed by atoms with Gasteiger partial charge in [-0.2, -0.15) is 0 Å². The van der Waals surface area contributed by atoms with Crippen LogP contribution in [-0.2, 0) is 9.59 Å². The molecule has 0 aromatic heterocycles. The Morgan fingerprint density at radius 1 is 1.26 bits per heavy atom. The molecular weight excluding hydrogens is 473 g/mol. The van der Waals surface area contributed by atoms with Crippen molar-refractivity contribution in [2.45, 2.75) is 11.7 Å². The molecule has 5 nitrogen and oxygen atoms in total. The average molecular weight is 487 g/mol. The van der Waals surface area contributed by atoms with Crippen LogP contribution < -0.4 is 5.32 Å². The Morgan fingerprint density at radius 2 is 1.96 bits per heavy atom. The van der Waals surface area contributed by atoms with Crippen LogP contribution >= 0.6 is 50.9 Å². The number of carbonyl (C=O) groups excluding carboxylic acids is 2. The van der Waals surface area contributed by atoms with E-state index < -0.39 is 5.25 Å². The van der Waals surface area contributed by atoms with Gasteiger partial charge in [-0.3, -0.25) is 14.5 Å². The predicted octanol–water partition coefficient (Wildman–Crippen LogP) is 5.35. The minimum atomic E-state index is -0.540. The second kappa shape index (κ2) is 8.65. The molecule has 140 valence electrons. The highest BCUT2D eigenvalue weighted by molar-refractivity contribution is 9.10. The molecule has 0 bridgehead atoms. The third kappa shape index (κ3) is 4.85. The summed E-state index contributed by atoms with van der Waals surface area (Å²) in [5.74, 6) is -0.480. The van der Waals surface area contributed by atoms with Gasteiger partial charge in [0.05, 0.1) is 21.4 Å². The fraction of sp³-hybridized carbons (Fsp3) is 0.167. The maximum Gasteiger partial charge on any atom is 0.242 e. The van der Waals surface area contributed by atoms with Gasteiger partial charge in [0.25, 0.3) is 0 Å². The fourth-order valence-electron chi connectivity index (χ4n) is 2.39. The molecule has 1 fully saturated rings. The summed E-state index contributed by atoms with van der Waals surface area (Å²) in [5.41, 5.74) is 1.15. The van der Waals surface area contributed by atoms with Crippen LogP contribution in [0.15, 0.2) is 51.9 Å². The van der Waals surface area contributed by atoms with Crippen molar-refractivity contribution in [3.8, 4) is 0 Å². The van der Waals surface area contributed by atoms with Crippen LogP contribution in [0.3, 0.4) is 0 Å². The average Bonchev–Trinajstić information content (AvgIpc) is 2.89. The topological polar surface area (TPSA) is 61.8 Å². The van der Waals surface area contributed by atoms with Crippen molar-refractivity contribution < 1.29 is 9.59 Å². The van der Waals surface area contributed by atoms with E-state index in [1.54, 1.807) is 25.2 Å². The first-order valence-corrected chi connectivity index (χ1v) is 10.3. The SMILES string of the molecule is CN1C(=O)[C@H](CC(=O)Nc2cccc(Cl)c2Cl)SC1=Nc1ccc(Br)cc1. The van der Waals surface area contributed by atoms with Crippen LogP contribution in [0.1, 0.15) is 6.42 Å². The largest absolute Gasteiger partial charge is 0.325 e. The van der Waals surface area contributed by atoms with Gasteiger partial charge in [-0.1, -0.05) is 57.0 Å². The van der Waals surface area contributed by atoms with E-state index in [-0.39, 0.29) is 23.3 Å². The number of thioether (sulfide) groups is 1. The van der Waals surface area contributed by atoms with Crippen molar-refractivity contribution in [3.63, 3.8) is 0 Å². The third-order valence-electron chi connectivity index (χ3n) is 3.79. The quantitative estimate of drug-likeness (QED) is 0.633. The zero-order valence-electron chi connectivity index (χ0n) is 14.1. The monoisotopic (exact) mass is 485 g/mol. The minimum absolute atomic E-state index is 0.00996. The summed E-state index contributed by atoms with van der Waals surface area (Å²) < 4.78 is 0.948. The molecule has 9 heteroatoms. The van der Waals surface area contributed by atoms with Crippen LogP contribution in [0, 0.1) is 0 Å². The number of amides is 2. The molecule has 2 aromatic rings. The molecule has 0 unspecified atom stereocenters. The van der Waals surface area contributed by atoms with E-state index in [0.717, 1.165) is 10.2 Å². The number of carbonyl (C=O) groups is 2. The van der Waals surface area contributed by atoms with Gasteiger partial charge in [0.2, 0.25) is 11.8 Å². The van der Waals surface area contributed by atoms with Crippen LogP contribution in [0.2, 0.25) is 10.0 Å². The summed E-state index contributed by atoms with van der Waals surface area (Å²) in [7, 11) is 1.65. The van der Waals surface area contributed by atoms with Gasteiger partial charge in [-0.05, 0) is 36.4 Å². The maximum absolute atomic E-state index is 12.5. The van der Waals surface area contributed by atoms with Gasteiger partial charge in [-0.25, -0.2) is 4.99 Å². The molecule has 1 aliphatic heterocycles. The Hall–Kier alpha value is -1.54. The van der Waals surface area contributed by atoms with Crippen LogP contribution in [0.5, 0.6) is 0 Å². The van der Waals surface area contributed by atoms with Crippen molar-refractivity contribution in [1.29, 1.82) is 0 Å². The van der Waals surface area contributed by atoms with Crippen LogP contribution in [-0.4, -0.2) is 34.2 Å². The number of benzene rings is 2. The Labute approximate surface area is 179 Å². The molecule has 1 aliphatic rings. The molecule has 3 rings (SSSR count). The van der Waals surface area contributed by atoms with Gasteiger partial charge in [0.1, 0.15) is 5.25 Å². The minimum Gasteiger partial charge on any atom is -0.325 e. The lowest BCUT2D eigenvalue weighted by atomic mass is 10.2. The van der Waals surface area contributed by atoms with Gasteiger partial charge in [-0.15, -0.1) is 0 Å². The van der Waals surface area contributed by atoms with E-state index in [2.05, 4.69) is 26.2 Å². The fourth-order valence-corrected chi connectivity index (χ4v) is 4.16. The van der Waals surface area contributed by atoms with E-state index in [4.69, 9.17) is 23.2 Å². The Balaban J connectivity index is 1.68. The zero-order valence-corrected chi connectivity index (χ0v) is 18.0. The molecule has 1 heterocycles. The normalized spacial score (nSPS) is 18.2. The number of amidine groups is 1. The number of nitrogens with one attached hydrogen (secondary N) is 1. The van der Waals surface area contributed by atoms with Gasteiger partial charge in [0, 0.05) is 17.9 Å². The smallest absolute Gasteiger partial charge is 0.242 e. The molecule has 0 spiro atoms. The molecule has 0 radical (unpaired) electrons. The highest BCUT2D eigenvalue weighted by Crippen LogP contribution is 2.32. The Kier molecular flexibility index (Phi) is 6.47. The molecule has 1 saturated heterocycles. The Morgan fingerprint density at radius 3 is 2.67 bits per heavy atom. The van der Waals surface area contributed by atoms with Gasteiger partial charge >= 0.3 is 0 Å². The van der Waals surface area contributed by atoms with Crippen LogP contribution in [0.4, 0.5) is 11.4 Å². The third-order valence-corrected chi connectivity index (χ3v) is 6.36. The van der Waals surface area contributed by atoms with Gasteiger partial charge < -0.3 is 5.32 Å². The summed E-state index contributed by atoms with van der Waals surface area (Å²) in [5, 5.41) is 3.34. The maximum atomic E-state index is 12.5. The predicted molar refractivity (Wildman–Crippen MR) is 115 cm³/mol. The first-order chi connectivity index (χ1) is 12.8. The first-order valence-electron chi connectivity index (χ1n) is 7.87. The second-order valence-corrected chi connectivity index (χ2v) is 8.60. The van der Waals surface area contributed by atoms with E-state index >= 15 is 0 Å². The number of anilines is 1. The number of hydrogen-bond donors (Lipinski definition) is 1. The van der Waals surface area contributed by atoms with Crippen molar-refractivity contribution in [2.75, 3.05) is 12.4 Å². The van der Waals surface area contributed by atoms with Crippen molar-refractivity contribution in [2.24, 2.45) is 4.99 Å². The molecule has 2 amide bonds. The lowest BCUT2D eigenvalue weighted by Crippen LogP contribution is -2.30. The summed E-state index contributed by atoms with van der Waals surface area (Å²) in [6.07, 6.45) is 0.00996. The summed E-state index contributed by atoms with van der Waals surface area (Å²) in [4.78, 5) is 30.8. The first kappa shape index (κ1) is 20.2. The molecule has 2 aromatic carbocycles. The number of aliphatic imine (C=N–C) groups is 1. The summed E-state index contributed by atoms with van der Waals surface area (Å²) in [6, 6.07) is 12.4. The standard InChI is InChI=1S/C18H14BrCl2N3O2S/c1-24-17(26)14(27-18(24)22-11-7-5-10(19)6-8-11)9-15(25)23-13-4-2-3-12(20)16(13)21/h2-8,14H,9H2,1H3,(H,23,25)/t14-/m0/s1. The number of rotatable bonds is 4. The number of hydrogen-bond acceptors (Lipinski definition) is 4. The molecule has 1 N–H and O–H groups in total. The van der Waals surface area contributed by atoms with Gasteiger partial charge in [0.15, 0.2) is 5.17 Å². The number of halogens is 3. The highest BCUT2D eigenvalue weighted by atomic mass is 79.9. The second-order valence-electron chi connectivity index (χ2n) is 5.73. The molecule has 0 aliphatic carbocycles. The van der Waals surface area contributed by atoms with Crippen LogP contribution in [0.25, 0.3) is 0 Å². The summed E-state index contributed by atoms with van der Waals surface area (Å²) in [6.45, 7) is 0. The lowest BCUT2D eigenvalue weighted by Gasteiger charge is -2.10. The van der Waals surface area contributed by atoms with E-state index in [1.807, 2.05) is 24.3 Å². The van der Waals surface area contributed by atoms with Crippen molar-refractivity contribution >= 4 is 79.3 Å². The Bertz CT molecular complexity index is 921. The molecule has 27 heavy (non-hydrogen) atoms. The highest BCUT2D eigenvalue weighted by Gasteiger charge is 2.37. The van der Waals surface area contributed by atoms with E-state index in [0.29, 0.717) is 15.9 Å².